The molecule has 29 heavy (non-hydrogen) atoms. The zero-order valence-corrected chi connectivity index (χ0v) is 15.4. The van der Waals surface area contributed by atoms with Crippen LogP contribution in [0.4, 0.5) is 10.5 Å². The fourth-order valence-electron chi connectivity index (χ4n) is 2.83. The molecule has 3 aromatic rings. The van der Waals surface area contributed by atoms with Gasteiger partial charge in [-0.15, -0.1) is 0 Å². The maximum absolute atomic E-state index is 12.2. The number of carbonyl (C=O) groups excluding carboxylic acids is 2. The summed E-state index contributed by atoms with van der Waals surface area (Å²) >= 11 is 0. The maximum atomic E-state index is 12.2. The monoisotopic (exact) mass is 387 g/mol. The second-order valence-electron chi connectivity index (χ2n) is 6.24. The molecule has 1 aromatic heterocycles. The summed E-state index contributed by atoms with van der Waals surface area (Å²) in [5.74, 6) is 6.04. The minimum Gasteiger partial charge on any atom is -0.447 e. The highest BCUT2D eigenvalue weighted by molar-refractivity contribution is 5.93. The Hall–Kier alpha value is -4.05. The fourth-order valence-corrected chi connectivity index (χ4v) is 2.83. The Labute approximate surface area is 167 Å². The minimum absolute atomic E-state index is 0.173. The molecule has 1 fully saturated rings. The van der Waals surface area contributed by atoms with Crippen molar-refractivity contribution in [2.24, 2.45) is 0 Å². The molecule has 144 valence electrons. The number of ether oxygens (including phenoxy) is 1. The zero-order chi connectivity index (χ0) is 20.1. The number of anilines is 1. The Morgan fingerprint density at radius 2 is 1.93 bits per heavy atom. The molecule has 2 amide bonds. The summed E-state index contributed by atoms with van der Waals surface area (Å²) in [6.07, 6.45) is -0.338. The van der Waals surface area contributed by atoms with E-state index in [0.29, 0.717) is 18.9 Å². The van der Waals surface area contributed by atoms with Crippen LogP contribution in [0.2, 0.25) is 0 Å². The van der Waals surface area contributed by atoms with E-state index in [0.717, 1.165) is 16.8 Å². The van der Waals surface area contributed by atoms with E-state index in [9.17, 15) is 9.59 Å². The number of hydrogen-bond acceptors (Lipinski definition) is 5. The van der Waals surface area contributed by atoms with Gasteiger partial charge in [0.25, 0.3) is 5.91 Å². The topological polar surface area (TPSA) is 84.7 Å². The SMILES string of the molecule is O=C(NCC#Cc1ccc(N2CCOC2=O)cc1)c1cc(-c2ccccc2)on1. The highest BCUT2D eigenvalue weighted by Crippen LogP contribution is 2.20. The van der Waals surface area contributed by atoms with Crippen molar-refractivity contribution in [2.75, 3.05) is 24.6 Å². The Bertz CT molecular complexity index is 1080. The van der Waals surface area contributed by atoms with Crippen LogP contribution in [0.15, 0.2) is 65.2 Å². The van der Waals surface area contributed by atoms with Crippen LogP contribution < -0.4 is 10.2 Å². The molecule has 1 N–H and O–H groups in total. The van der Waals surface area contributed by atoms with Gasteiger partial charge in [-0.1, -0.05) is 47.3 Å². The van der Waals surface area contributed by atoms with Crippen LogP contribution in [0.5, 0.6) is 0 Å². The highest BCUT2D eigenvalue weighted by Gasteiger charge is 2.23. The van der Waals surface area contributed by atoms with Crippen LogP contribution in [0, 0.1) is 11.8 Å². The number of amides is 2. The quantitative estimate of drug-likeness (QED) is 0.696. The van der Waals surface area contributed by atoms with Gasteiger partial charge in [0.1, 0.15) is 6.61 Å². The number of aromatic nitrogens is 1. The van der Waals surface area contributed by atoms with Gasteiger partial charge < -0.3 is 14.6 Å². The van der Waals surface area contributed by atoms with Crippen molar-refractivity contribution in [3.05, 3.63) is 71.9 Å². The van der Waals surface area contributed by atoms with Gasteiger partial charge in [-0.2, -0.15) is 0 Å². The van der Waals surface area contributed by atoms with E-state index in [-0.39, 0.29) is 24.2 Å². The molecule has 7 nitrogen and oxygen atoms in total. The fraction of sp³-hybridized carbons (Fsp3) is 0.136. The highest BCUT2D eigenvalue weighted by atomic mass is 16.6. The molecule has 0 aliphatic carbocycles. The Kier molecular flexibility index (Phi) is 5.25. The van der Waals surface area contributed by atoms with Crippen LogP contribution in [0.25, 0.3) is 11.3 Å². The first-order chi connectivity index (χ1) is 14.2. The molecule has 0 spiro atoms. The van der Waals surface area contributed by atoms with Gasteiger partial charge in [0.2, 0.25) is 0 Å². The molecule has 0 saturated carbocycles. The van der Waals surface area contributed by atoms with Gasteiger partial charge in [0, 0.05) is 22.9 Å². The molecule has 7 heteroatoms. The summed E-state index contributed by atoms with van der Waals surface area (Å²) in [5, 5.41) is 6.50. The van der Waals surface area contributed by atoms with Gasteiger partial charge >= 0.3 is 6.09 Å². The zero-order valence-electron chi connectivity index (χ0n) is 15.4. The third-order valence-electron chi connectivity index (χ3n) is 4.31. The summed E-state index contributed by atoms with van der Waals surface area (Å²) in [6, 6.07) is 18.3. The van der Waals surface area contributed by atoms with Gasteiger partial charge in [0.15, 0.2) is 11.5 Å². The number of carbonyl (C=O) groups is 2. The first kappa shape index (κ1) is 18.3. The molecule has 0 atom stereocenters. The van der Waals surface area contributed by atoms with E-state index >= 15 is 0 Å². The maximum Gasteiger partial charge on any atom is 0.414 e. The second-order valence-corrected chi connectivity index (χ2v) is 6.24. The molecule has 2 aromatic carbocycles. The lowest BCUT2D eigenvalue weighted by atomic mass is 10.1. The van der Waals surface area contributed by atoms with Gasteiger partial charge in [-0.25, -0.2) is 4.79 Å². The van der Waals surface area contributed by atoms with E-state index in [2.05, 4.69) is 22.3 Å². The number of nitrogens with zero attached hydrogens (tertiary/aromatic N) is 2. The van der Waals surface area contributed by atoms with Crippen molar-refractivity contribution in [1.82, 2.24) is 10.5 Å². The summed E-state index contributed by atoms with van der Waals surface area (Å²) in [5.41, 5.74) is 2.60. The average molecular weight is 387 g/mol. The number of hydrogen-bond donors (Lipinski definition) is 1. The predicted octanol–water partition coefficient (Wildman–Crippen LogP) is 3.08. The summed E-state index contributed by atoms with van der Waals surface area (Å²) in [6.45, 7) is 1.12. The summed E-state index contributed by atoms with van der Waals surface area (Å²) in [4.78, 5) is 25.3. The van der Waals surface area contributed by atoms with E-state index in [1.165, 1.54) is 0 Å². The second kappa shape index (κ2) is 8.31. The van der Waals surface area contributed by atoms with Crippen molar-refractivity contribution in [2.45, 2.75) is 0 Å². The summed E-state index contributed by atoms with van der Waals surface area (Å²) < 4.78 is 10.1. The summed E-state index contributed by atoms with van der Waals surface area (Å²) in [7, 11) is 0. The van der Waals surface area contributed by atoms with E-state index < -0.39 is 0 Å². The van der Waals surface area contributed by atoms with Gasteiger partial charge in [-0.3, -0.25) is 9.69 Å². The van der Waals surface area contributed by atoms with Crippen molar-refractivity contribution >= 4 is 17.7 Å². The lowest BCUT2D eigenvalue weighted by molar-refractivity contribution is 0.0949. The van der Waals surface area contributed by atoms with Crippen molar-refractivity contribution in [3.63, 3.8) is 0 Å². The van der Waals surface area contributed by atoms with Gasteiger partial charge in [0.05, 0.1) is 13.1 Å². The van der Waals surface area contributed by atoms with Crippen molar-refractivity contribution < 1.29 is 18.8 Å². The number of nitrogens with one attached hydrogen (secondary N) is 1. The van der Waals surface area contributed by atoms with Crippen LogP contribution in [0.1, 0.15) is 16.1 Å². The van der Waals surface area contributed by atoms with Crippen LogP contribution in [0.3, 0.4) is 0 Å². The van der Waals surface area contributed by atoms with E-state index in [1.807, 2.05) is 54.6 Å². The Balaban J connectivity index is 1.31. The van der Waals surface area contributed by atoms with Crippen LogP contribution in [-0.4, -0.2) is 36.9 Å². The molecule has 0 bridgehead atoms. The van der Waals surface area contributed by atoms with Crippen LogP contribution in [-0.2, 0) is 4.74 Å². The number of rotatable bonds is 4. The lowest BCUT2D eigenvalue weighted by Crippen LogP contribution is -2.23. The first-order valence-corrected chi connectivity index (χ1v) is 9.04. The third kappa shape index (κ3) is 4.28. The molecule has 1 aliphatic rings. The molecular weight excluding hydrogens is 370 g/mol. The molecule has 0 radical (unpaired) electrons. The van der Waals surface area contributed by atoms with Crippen LogP contribution >= 0.6 is 0 Å². The average Bonchev–Trinajstić information content (AvgIpc) is 3.42. The first-order valence-electron chi connectivity index (χ1n) is 9.04. The minimum atomic E-state index is -0.354. The Morgan fingerprint density at radius 3 is 2.66 bits per heavy atom. The number of benzene rings is 2. The smallest absolute Gasteiger partial charge is 0.414 e. The molecule has 1 aliphatic heterocycles. The third-order valence-corrected chi connectivity index (χ3v) is 4.31. The number of cyclic esters (lactones) is 1. The molecular formula is C22H17N3O4. The van der Waals surface area contributed by atoms with E-state index in [4.69, 9.17) is 9.26 Å². The largest absolute Gasteiger partial charge is 0.447 e. The van der Waals surface area contributed by atoms with Crippen molar-refractivity contribution in [3.8, 4) is 23.2 Å². The molecule has 4 rings (SSSR count). The molecule has 0 unspecified atom stereocenters. The van der Waals surface area contributed by atoms with Crippen molar-refractivity contribution in [1.29, 1.82) is 0 Å². The molecule has 1 saturated heterocycles. The molecule has 2 heterocycles. The lowest BCUT2D eigenvalue weighted by Gasteiger charge is -2.11. The standard InChI is InChI=1S/C22H17N3O4/c26-21(19-15-20(29-24-19)17-6-2-1-3-7-17)23-12-4-5-16-8-10-18(11-9-16)25-13-14-28-22(25)27/h1-3,6-11,15H,12-14H2,(H,23,26). The normalized spacial score (nSPS) is 12.8. The predicted molar refractivity (Wildman–Crippen MR) is 106 cm³/mol. The van der Waals surface area contributed by atoms with Gasteiger partial charge in [-0.05, 0) is 24.3 Å². The Morgan fingerprint density at radius 1 is 1.14 bits per heavy atom. The van der Waals surface area contributed by atoms with E-state index in [1.54, 1.807) is 11.0 Å².